The number of phenolic OH excluding ortho intramolecular Hbond substituents is 1. The van der Waals surface area contributed by atoms with Gasteiger partial charge in [-0.2, -0.15) is 0 Å². The van der Waals surface area contributed by atoms with Gasteiger partial charge in [0.2, 0.25) is 5.95 Å². The number of aryl methyl sites for hydroxylation is 1. The molecule has 2 aliphatic heterocycles. The Morgan fingerprint density at radius 2 is 1.87 bits per heavy atom. The summed E-state index contributed by atoms with van der Waals surface area (Å²) in [5, 5.41) is 21.8. The molecule has 1 aromatic heterocycles. The number of nitrogens with zero attached hydrogens (tertiary/aromatic N) is 2. The molecule has 10 heteroatoms. The second-order valence-electron chi connectivity index (χ2n) is 9.27. The molecule has 1 unspecified atom stereocenters. The number of ether oxygens (including phenoxy) is 3. The number of aliphatic hydroxyl groups excluding tert-OH is 1. The number of carbonyl (C=O) groups is 2. The van der Waals surface area contributed by atoms with Crippen molar-refractivity contribution in [3.8, 4) is 23.0 Å². The molecule has 0 radical (unpaired) electrons. The number of rotatable bonds is 5. The molecule has 1 saturated heterocycles. The van der Waals surface area contributed by atoms with E-state index in [0.29, 0.717) is 41.3 Å². The van der Waals surface area contributed by atoms with E-state index in [1.165, 1.54) is 11.0 Å². The van der Waals surface area contributed by atoms with Gasteiger partial charge < -0.3 is 29.4 Å². The van der Waals surface area contributed by atoms with Crippen LogP contribution < -0.4 is 19.1 Å². The molecule has 0 bridgehead atoms. The van der Waals surface area contributed by atoms with Crippen molar-refractivity contribution < 1.29 is 34.0 Å². The molecule has 10 nitrogen and oxygen atoms in total. The van der Waals surface area contributed by atoms with Crippen LogP contribution in [0.3, 0.4) is 0 Å². The number of Topliss-reactive ketones (excluding diaryl/α,β-unsaturated/α-hetero) is 1. The van der Waals surface area contributed by atoms with Gasteiger partial charge in [-0.3, -0.25) is 14.5 Å². The van der Waals surface area contributed by atoms with Crippen LogP contribution in [0.25, 0.3) is 16.8 Å². The lowest BCUT2D eigenvalue weighted by Gasteiger charge is -2.24. The third kappa shape index (κ3) is 4.10. The first-order valence-electron chi connectivity index (χ1n) is 12.5. The number of aliphatic hydroxyl groups is 1. The Bertz CT molecular complexity index is 1670. The van der Waals surface area contributed by atoms with Crippen molar-refractivity contribution in [1.29, 1.82) is 0 Å². The molecule has 6 rings (SSSR count). The zero-order chi connectivity index (χ0) is 27.3. The van der Waals surface area contributed by atoms with Gasteiger partial charge in [-0.05, 0) is 67.4 Å². The molecule has 1 atom stereocenters. The molecule has 1 amide bonds. The van der Waals surface area contributed by atoms with E-state index in [0.717, 1.165) is 5.56 Å². The van der Waals surface area contributed by atoms with Crippen LogP contribution in [0.4, 0.5) is 5.95 Å². The zero-order valence-electron chi connectivity index (χ0n) is 21.2. The highest BCUT2D eigenvalue weighted by molar-refractivity contribution is 6.51. The fraction of sp³-hybridized carbons (Fsp3) is 0.207. The Kier molecular flexibility index (Phi) is 5.86. The fourth-order valence-corrected chi connectivity index (χ4v) is 4.91. The molecule has 4 aromatic rings. The van der Waals surface area contributed by atoms with Gasteiger partial charge in [0.05, 0.1) is 29.3 Å². The number of H-pyrrole nitrogens is 1. The van der Waals surface area contributed by atoms with Gasteiger partial charge in [-0.15, -0.1) is 0 Å². The molecule has 3 aromatic carbocycles. The second-order valence-corrected chi connectivity index (χ2v) is 9.27. The Hall–Kier alpha value is -4.99. The number of imidazole rings is 1. The minimum absolute atomic E-state index is 0.0939. The van der Waals surface area contributed by atoms with Crippen LogP contribution in [0.1, 0.15) is 29.7 Å². The summed E-state index contributed by atoms with van der Waals surface area (Å²) in [6.07, 6.45) is 0. The second kappa shape index (κ2) is 9.39. The number of hydrogen-bond donors (Lipinski definition) is 3. The number of amides is 1. The molecule has 39 heavy (non-hydrogen) atoms. The lowest BCUT2D eigenvalue weighted by molar-refractivity contribution is -0.132. The van der Waals surface area contributed by atoms with Crippen LogP contribution in [0.15, 0.2) is 60.2 Å². The predicted octanol–water partition coefficient (Wildman–Crippen LogP) is 4.37. The van der Waals surface area contributed by atoms with Crippen molar-refractivity contribution >= 4 is 34.4 Å². The smallest absolute Gasteiger partial charge is 0.302 e. The topological polar surface area (TPSA) is 134 Å². The molecule has 3 heterocycles. The minimum atomic E-state index is -1.07. The molecule has 0 saturated carbocycles. The van der Waals surface area contributed by atoms with Crippen LogP contribution in [0.2, 0.25) is 0 Å². The highest BCUT2D eigenvalue weighted by Crippen LogP contribution is 2.44. The van der Waals surface area contributed by atoms with Crippen molar-refractivity contribution in [3.63, 3.8) is 0 Å². The van der Waals surface area contributed by atoms with E-state index in [1.54, 1.807) is 37.3 Å². The van der Waals surface area contributed by atoms with Crippen molar-refractivity contribution in [3.05, 3.63) is 76.9 Å². The van der Waals surface area contributed by atoms with E-state index in [4.69, 9.17) is 14.2 Å². The Labute approximate surface area is 223 Å². The first kappa shape index (κ1) is 24.4. The quantitative estimate of drug-likeness (QED) is 0.198. The highest BCUT2D eigenvalue weighted by Gasteiger charge is 2.48. The molecule has 0 spiro atoms. The molecule has 2 aliphatic rings. The average molecular weight is 528 g/mol. The predicted molar refractivity (Wildman–Crippen MR) is 142 cm³/mol. The number of benzene rings is 3. The highest BCUT2D eigenvalue weighted by atomic mass is 16.6. The molecule has 1 fully saturated rings. The van der Waals surface area contributed by atoms with Crippen LogP contribution in [-0.4, -0.2) is 51.7 Å². The van der Waals surface area contributed by atoms with Gasteiger partial charge in [-0.1, -0.05) is 12.1 Å². The Morgan fingerprint density at radius 1 is 1.08 bits per heavy atom. The van der Waals surface area contributed by atoms with Gasteiger partial charge in [0.25, 0.3) is 5.78 Å². The van der Waals surface area contributed by atoms with E-state index in [1.807, 2.05) is 25.1 Å². The van der Waals surface area contributed by atoms with Crippen molar-refractivity contribution in [2.24, 2.45) is 0 Å². The lowest BCUT2D eigenvalue weighted by Crippen LogP contribution is -2.30. The first-order chi connectivity index (χ1) is 18.9. The number of hydrogen-bond acceptors (Lipinski definition) is 8. The van der Waals surface area contributed by atoms with Gasteiger partial charge in [0, 0.05) is 5.56 Å². The molecular formula is C29H25N3O7. The van der Waals surface area contributed by atoms with Crippen LogP contribution in [0.5, 0.6) is 23.0 Å². The zero-order valence-corrected chi connectivity index (χ0v) is 21.2. The maximum absolute atomic E-state index is 13.5. The number of fused-ring (bicyclic) bond motifs is 2. The SMILES string of the molecule is CCOc1cc(C2/C(=C(\O)c3ccc4c(c3)OCCO4)C(=O)C(=O)N2c2nc3ccc(C)cc3[nH]2)ccc1O. The van der Waals surface area contributed by atoms with E-state index < -0.39 is 17.7 Å². The third-order valence-corrected chi connectivity index (χ3v) is 6.71. The standard InChI is InChI=1S/C29H25N3O7/c1-3-37-22-13-16(5-8-20(22)33)25-24(26(34)17-6-9-21-23(14-17)39-11-10-38-21)27(35)28(36)32(25)29-30-18-7-4-15(2)12-19(18)31-29/h4-9,12-14,25,33-34H,3,10-11H2,1-2H3,(H,30,31)/b26-24+. The summed E-state index contributed by atoms with van der Waals surface area (Å²) in [4.78, 5) is 36.0. The van der Waals surface area contributed by atoms with Gasteiger partial charge in [0.1, 0.15) is 19.0 Å². The summed E-state index contributed by atoms with van der Waals surface area (Å²) in [7, 11) is 0. The summed E-state index contributed by atoms with van der Waals surface area (Å²) < 4.78 is 16.8. The van der Waals surface area contributed by atoms with Gasteiger partial charge in [0.15, 0.2) is 23.0 Å². The summed E-state index contributed by atoms with van der Waals surface area (Å²) in [6, 6.07) is 13.9. The summed E-state index contributed by atoms with van der Waals surface area (Å²) in [5.74, 6) is -0.940. The Balaban J connectivity index is 1.55. The number of aromatic amines is 1. The van der Waals surface area contributed by atoms with E-state index in [9.17, 15) is 19.8 Å². The van der Waals surface area contributed by atoms with Crippen molar-refractivity contribution in [2.45, 2.75) is 19.9 Å². The molecule has 3 N–H and O–H groups in total. The fourth-order valence-electron chi connectivity index (χ4n) is 4.91. The van der Waals surface area contributed by atoms with E-state index in [2.05, 4.69) is 9.97 Å². The van der Waals surface area contributed by atoms with E-state index >= 15 is 0 Å². The first-order valence-corrected chi connectivity index (χ1v) is 12.5. The van der Waals surface area contributed by atoms with Crippen molar-refractivity contribution in [1.82, 2.24) is 9.97 Å². The molecule has 198 valence electrons. The number of ketones is 1. The maximum Gasteiger partial charge on any atom is 0.302 e. The number of aromatic nitrogens is 2. The summed E-state index contributed by atoms with van der Waals surface area (Å²) >= 11 is 0. The molecular weight excluding hydrogens is 502 g/mol. The Morgan fingerprint density at radius 3 is 2.67 bits per heavy atom. The van der Waals surface area contributed by atoms with Gasteiger partial charge in [-0.25, -0.2) is 4.98 Å². The largest absolute Gasteiger partial charge is 0.507 e. The summed E-state index contributed by atoms with van der Waals surface area (Å²) in [6.45, 7) is 4.75. The van der Waals surface area contributed by atoms with Crippen LogP contribution in [-0.2, 0) is 9.59 Å². The summed E-state index contributed by atoms with van der Waals surface area (Å²) in [5.41, 5.74) is 2.88. The number of aromatic hydroxyl groups is 1. The minimum Gasteiger partial charge on any atom is -0.507 e. The maximum atomic E-state index is 13.5. The number of carbonyl (C=O) groups excluding carboxylic acids is 2. The van der Waals surface area contributed by atoms with Crippen molar-refractivity contribution in [2.75, 3.05) is 24.7 Å². The van der Waals surface area contributed by atoms with Crippen LogP contribution >= 0.6 is 0 Å². The lowest BCUT2D eigenvalue weighted by atomic mass is 9.95. The van der Waals surface area contributed by atoms with Crippen LogP contribution in [0, 0.1) is 6.92 Å². The average Bonchev–Trinajstić information content (AvgIpc) is 3.46. The number of anilines is 1. The number of nitrogens with one attached hydrogen (secondary N) is 1. The number of phenols is 1. The van der Waals surface area contributed by atoms with Gasteiger partial charge >= 0.3 is 5.91 Å². The normalized spacial score (nSPS) is 18.1. The monoisotopic (exact) mass is 527 g/mol. The third-order valence-electron chi connectivity index (χ3n) is 6.71. The van der Waals surface area contributed by atoms with E-state index in [-0.39, 0.29) is 40.9 Å². The molecule has 0 aliphatic carbocycles.